The van der Waals surface area contributed by atoms with Crippen LogP contribution in [0.15, 0.2) is 26.9 Å². The molecule has 0 saturated carbocycles. The Labute approximate surface area is 176 Å². The van der Waals surface area contributed by atoms with Gasteiger partial charge in [-0.05, 0) is 56.5 Å². The van der Waals surface area contributed by atoms with Crippen molar-refractivity contribution in [3.63, 3.8) is 0 Å². The third-order valence-electron chi connectivity index (χ3n) is 5.90. The van der Waals surface area contributed by atoms with Gasteiger partial charge in [-0.2, -0.15) is 16.8 Å². The largest absolute Gasteiger partial charge is 0.241 e. The Morgan fingerprint density at radius 2 is 1.81 bits per heavy atom. The van der Waals surface area contributed by atoms with Gasteiger partial charge in [-0.1, -0.05) is 70.4 Å². The molecule has 1 heterocycles. The zero-order valence-electron chi connectivity index (χ0n) is 17.5. The molecule has 2 rings (SSSR count). The number of hydrogen-bond acceptors (Lipinski definition) is 3. The second kappa shape index (κ2) is 12.8. The first-order valence-corrected chi connectivity index (χ1v) is 12.6. The summed E-state index contributed by atoms with van der Waals surface area (Å²) in [7, 11) is 0. The first kappa shape index (κ1) is 22.7. The van der Waals surface area contributed by atoms with Crippen LogP contribution >= 0.6 is 24.0 Å². The summed E-state index contributed by atoms with van der Waals surface area (Å²) < 4.78 is 0. The van der Waals surface area contributed by atoms with Crippen LogP contribution in [0.3, 0.4) is 0 Å². The molecular weight excluding hydrogens is 370 g/mol. The zero-order valence-corrected chi connectivity index (χ0v) is 19.1. The molecule has 0 aromatic carbocycles. The average molecular weight is 408 g/mol. The van der Waals surface area contributed by atoms with Crippen molar-refractivity contribution >= 4 is 34.9 Å². The fourth-order valence-corrected chi connectivity index (χ4v) is 5.28. The lowest BCUT2D eigenvalue weighted by Crippen LogP contribution is -2.26. The number of thiocarbonyl (C=S) groups is 1. The van der Waals surface area contributed by atoms with Crippen LogP contribution in [-0.2, 0) is 0 Å². The van der Waals surface area contributed by atoms with Gasteiger partial charge in [0.05, 0.1) is 0 Å². The number of hydrogen-bond donors (Lipinski definition) is 0. The highest BCUT2D eigenvalue weighted by Gasteiger charge is 2.32. The Morgan fingerprint density at radius 1 is 1.04 bits per heavy atom. The van der Waals surface area contributed by atoms with E-state index in [1.54, 1.807) is 5.57 Å². The van der Waals surface area contributed by atoms with E-state index >= 15 is 0 Å². The molecule has 0 saturated heterocycles. The molecule has 0 N–H and O–H groups in total. The number of amidine groups is 1. The molecular formula is C22H37N3S2. The Kier molecular flexibility index (Phi) is 10.8. The van der Waals surface area contributed by atoms with Crippen molar-refractivity contribution in [2.45, 2.75) is 96.1 Å². The molecule has 0 aromatic heterocycles. The number of unbranched alkanes of at least 4 members (excludes halogenated alkanes) is 5. The van der Waals surface area contributed by atoms with Crippen LogP contribution in [0.5, 0.6) is 0 Å². The molecule has 0 amide bonds. The molecule has 0 aromatic rings. The average Bonchev–Trinajstić information content (AvgIpc) is 3.12. The SMILES string of the molecule is CCCCCCCCC(C1=NC(=S)N=N1)C(CCC)C1=CCCC(SC)C1. The van der Waals surface area contributed by atoms with E-state index in [2.05, 4.69) is 41.4 Å². The van der Waals surface area contributed by atoms with E-state index in [-0.39, 0.29) is 0 Å². The van der Waals surface area contributed by atoms with Crippen molar-refractivity contribution in [3.8, 4) is 0 Å². The highest BCUT2D eigenvalue weighted by molar-refractivity contribution is 7.99. The van der Waals surface area contributed by atoms with E-state index in [1.807, 2.05) is 11.8 Å². The Morgan fingerprint density at radius 3 is 2.48 bits per heavy atom. The highest BCUT2D eigenvalue weighted by Crippen LogP contribution is 2.39. The summed E-state index contributed by atoms with van der Waals surface area (Å²) in [6.07, 6.45) is 20.1. The minimum Gasteiger partial charge on any atom is -0.200 e. The summed E-state index contributed by atoms with van der Waals surface area (Å²) in [6.45, 7) is 4.57. The molecule has 0 radical (unpaired) electrons. The first-order valence-electron chi connectivity index (χ1n) is 11.0. The maximum absolute atomic E-state index is 5.18. The van der Waals surface area contributed by atoms with Crippen LogP contribution in [0.1, 0.15) is 90.9 Å². The normalized spacial score (nSPS) is 21.9. The van der Waals surface area contributed by atoms with Crippen molar-refractivity contribution in [1.82, 2.24) is 0 Å². The molecule has 0 bridgehead atoms. The number of allylic oxidation sites excluding steroid dienone is 2. The van der Waals surface area contributed by atoms with E-state index in [1.165, 1.54) is 77.0 Å². The predicted molar refractivity (Wildman–Crippen MR) is 124 cm³/mol. The fourth-order valence-electron chi connectivity index (χ4n) is 4.41. The zero-order chi connectivity index (χ0) is 19.5. The van der Waals surface area contributed by atoms with Crippen LogP contribution in [-0.4, -0.2) is 22.5 Å². The van der Waals surface area contributed by atoms with E-state index < -0.39 is 0 Å². The maximum atomic E-state index is 5.18. The fraction of sp³-hybridized carbons (Fsp3) is 0.818. The van der Waals surface area contributed by atoms with Gasteiger partial charge < -0.3 is 0 Å². The number of nitrogens with zero attached hydrogens (tertiary/aromatic N) is 3. The van der Waals surface area contributed by atoms with Crippen molar-refractivity contribution in [2.75, 3.05) is 6.26 Å². The van der Waals surface area contributed by atoms with Gasteiger partial charge in [0.25, 0.3) is 0 Å². The Balaban J connectivity index is 2.08. The minimum absolute atomic E-state index is 0.382. The van der Waals surface area contributed by atoms with Crippen molar-refractivity contribution in [2.24, 2.45) is 27.1 Å². The topological polar surface area (TPSA) is 37.1 Å². The van der Waals surface area contributed by atoms with Gasteiger partial charge in [0.1, 0.15) is 0 Å². The second-order valence-corrected chi connectivity index (χ2v) is 9.43. The summed E-state index contributed by atoms with van der Waals surface area (Å²) in [5.41, 5.74) is 1.65. The standard InChI is InChI=1S/C22H37N3S2/c1-4-6-7-8-9-10-15-20(21-23-22(26)25-24-21)19(12-5-2)17-13-11-14-18(16-17)27-3/h13,18-20H,4-12,14-16H2,1-3H3. The van der Waals surface area contributed by atoms with Crippen LogP contribution in [0.2, 0.25) is 0 Å². The lowest BCUT2D eigenvalue weighted by atomic mass is 9.75. The van der Waals surface area contributed by atoms with Gasteiger partial charge in [0, 0.05) is 11.2 Å². The summed E-state index contributed by atoms with van der Waals surface area (Å²) in [5.74, 6) is 1.84. The molecule has 1 aliphatic heterocycles. The lowest BCUT2D eigenvalue weighted by Gasteiger charge is -2.32. The Bertz CT molecular complexity index is 554. The van der Waals surface area contributed by atoms with Crippen LogP contribution in [0.4, 0.5) is 0 Å². The lowest BCUT2D eigenvalue weighted by molar-refractivity contribution is 0.386. The van der Waals surface area contributed by atoms with Gasteiger partial charge in [-0.3, -0.25) is 0 Å². The smallest absolute Gasteiger partial charge is 0.200 e. The predicted octanol–water partition coefficient (Wildman–Crippen LogP) is 7.76. The van der Waals surface area contributed by atoms with E-state index in [0.717, 1.165) is 11.1 Å². The first-order chi connectivity index (χ1) is 13.2. The van der Waals surface area contributed by atoms with Gasteiger partial charge in [-0.15, -0.1) is 10.2 Å². The van der Waals surface area contributed by atoms with Crippen LogP contribution < -0.4 is 0 Å². The number of rotatable bonds is 13. The monoisotopic (exact) mass is 407 g/mol. The van der Waals surface area contributed by atoms with Crippen LogP contribution in [0.25, 0.3) is 0 Å². The summed E-state index contributed by atoms with van der Waals surface area (Å²) in [5, 5.41) is 9.62. The van der Waals surface area contributed by atoms with Gasteiger partial charge in [0.2, 0.25) is 5.11 Å². The van der Waals surface area contributed by atoms with Crippen molar-refractivity contribution in [1.29, 1.82) is 0 Å². The van der Waals surface area contributed by atoms with Gasteiger partial charge in [0.15, 0.2) is 5.84 Å². The minimum atomic E-state index is 0.382. The molecule has 2 aliphatic rings. The van der Waals surface area contributed by atoms with Crippen molar-refractivity contribution in [3.05, 3.63) is 11.6 Å². The summed E-state index contributed by atoms with van der Waals surface area (Å²) in [4.78, 5) is 4.54. The van der Waals surface area contributed by atoms with E-state index in [4.69, 9.17) is 12.2 Å². The maximum Gasteiger partial charge on any atom is 0.241 e. The second-order valence-electron chi connectivity index (χ2n) is 7.93. The molecule has 0 spiro atoms. The molecule has 3 atom stereocenters. The molecule has 5 heteroatoms. The number of azo groups is 1. The molecule has 27 heavy (non-hydrogen) atoms. The highest BCUT2D eigenvalue weighted by atomic mass is 32.2. The van der Waals surface area contributed by atoms with Crippen LogP contribution in [0, 0.1) is 11.8 Å². The quantitative estimate of drug-likeness (QED) is 0.178. The van der Waals surface area contributed by atoms with Crippen molar-refractivity contribution < 1.29 is 0 Å². The number of aliphatic imine (C=N–C) groups is 1. The van der Waals surface area contributed by atoms with Gasteiger partial charge >= 0.3 is 0 Å². The Hall–Kier alpha value is -0.550. The van der Waals surface area contributed by atoms with E-state index in [9.17, 15) is 0 Å². The number of thioether (sulfide) groups is 1. The molecule has 1 aliphatic carbocycles. The molecule has 0 fully saturated rings. The molecule has 3 unspecified atom stereocenters. The summed E-state index contributed by atoms with van der Waals surface area (Å²) in [6, 6.07) is 0. The van der Waals surface area contributed by atoms with Gasteiger partial charge in [-0.25, -0.2) is 0 Å². The third-order valence-corrected chi connectivity index (χ3v) is 7.14. The van der Waals surface area contributed by atoms with E-state index in [0.29, 0.717) is 16.9 Å². The molecule has 152 valence electrons. The summed E-state index contributed by atoms with van der Waals surface area (Å²) >= 11 is 7.20. The molecule has 3 nitrogen and oxygen atoms in total. The third kappa shape index (κ3) is 7.41.